The minimum absolute atomic E-state index is 0.00956. The van der Waals surface area contributed by atoms with Gasteiger partial charge in [0.1, 0.15) is 12.1 Å². The van der Waals surface area contributed by atoms with Crippen molar-refractivity contribution in [3.8, 4) is 0 Å². The van der Waals surface area contributed by atoms with Crippen LogP contribution in [0.1, 0.15) is 83.8 Å². The van der Waals surface area contributed by atoms with Gasteiger partial charge in [0.2, 0.25) is 0 Å². The van der Waals surface area contributed by atoms with Crippen molar-refractivity contribution in [2.24, 2.45) is 38.5 Å². The van der Waals surface area contributed by atoms with Crippen molar-refractivity contribution in [3.05, 3.63) is 70.7 Å². The second kappa shape index (κ2) is 10.2. The fraction of sp³-hybridized carbons (Fsp3) is 0.559. The number of hydrogen-bond donors (Lipinski definition) is 0. The molecule has 1 aromatic heterocycles. The summed E-state index contributed by atoms with van der Waals surface area (Å²) in [5.74, 6) is 0.451. The van der Waals surface area contributed by atoms with Gasteiger partial charge in [0.15, 0.2) is 0 Å². The van der Waals surface area contributed by atoms with E-state index in [0.29, 0.717) is 18.9 Å². The Hall–Kier alpha value is -2.46. The Morgan fingerprint density at radius 1 is 1.08 bits per heavy atom. The van der Waals surface area contributed by atoms with Gasteiger partial charge in [-0.2, -0.15) is 0 Å². The highest BCUT2D eigenvalue weighted by molar-refractivity contribution is 6.30. The minimum Gasteiger partial charge on any atom is -0.472 e. The molecule has 5 rings (SSSR count). The zero-order valence-electron chi connectivity index (χ0n) is 24.0. The SMILES string of the molecule is CC1(C)C(=O)CCC(C)(C2CCC3(C)C(=CCC3c3ccoc3)C2(C)C=NCCc2ccc(Cl)cc2)C1C=O. The fourth-order valence-corrected chi connectivity index (χ4v) is 8.94. The van der Waals surface area contributed by atoms with Gasteiger partial charge in [0, 0.05) is 41.0 Å². The Kier molecular flexibility index (Phi) is 7.33. The lowest BCUT2D eigenvalue weighted by Gasteiger charge is -2.60. The molecule has 0 saturated heterocycles. The van der Waals surface area contributed by atoms with E-state index in [1.165, 1.54) is 16.7 Å². The molecule has 1 heterocycles. The number of carbonyl (C=O) groups is 2. The van der Waals surface area contributed by atoms with Gasteiger partial charge in [0.05, 0.1) is 12.5 Å². The number of allylic oxidation sites excluding steroid dienone is 2. The maximum absolute atomic E-state index is 13.0. The number of halogens is 1. The Morgan fingerprint density at radius 3 is 2.49 bits per heavy atom. The molecule has 39 heavy (non-hydrogen) atoms. The molecule has 1 aromatic carbocycles. The van der Waals surface area contributed by atoms with Crippen LogP contribution in [0.2, 0.25) is 5.02 Å². The van der Waals surface area contributed by atoms with Crippen LogP contribution in [0.4, 0.5) is 0 Å². The van der Waals surface area contributed by atoms with Crippen molar-refractivity contribution in [3.63, 3.8) is 0 Å². The number of fused-ring (bicyclic) bond motifs is 1. The number of Topliss-reactive ketones (excluding diaryl/α,β-unsaturated/α-hetero) is 1. The van der Waals surface area contributed by atoms with Gasteiger partial charge in [-0.25, -0.2) is 0 Å². The molecule has 3 aliphatic carbocycles. The molecule has 3 aliphatic rings. The van der Waals surface area contributed by atoms with Gasteiger partial charge >= 0.3 is 0 Å². The summed E-state index contributed by atoms with van der Waals surface area (Å²) in [6.45, 7) is 11.7. The van der Waals surface area contributed by atoms with Crippen LogP contribution in [-0.4, -0.2) is 24.8 Å². The van der Waals surface area contributed by atoms with Crippen molar-refractivity contribution >= 4 is 29.9 Å². The van der Waals surface area contributed by atoms with Crippen molar-refractivity contribution < 1.29 is 14.0 Å². The highest BCUT2D eigenvalue weighted by Crippen LogP contribution is 2.68. The average molecular weight is 548 g/mol. The van der Waals surface area contributed by atoms with Crippen molar-refractivity contribution in [1.82, 2.24) is 0 Å². The summed E-state index contributed by atoms with van der Waals surface area (Å²) in [7, 11) is 0. The van der Waals surface area contributed by atoms with Gasteiger partial charge in [-0.05, 0) is 84.1 Å². The topological polar surface area (TPSA) is 59.6 Å². The second-order valence-corrected chi connectivity index (χ2v) is 13.9. The van der Waals surface area contributed by atoms with Gasteiger partial charge < -0.3 is 9.21 Å². The van der Waals surface area contributed by atoms with E-state index in [1.54, 1.807) is 6.26 Å². The van der Waals surface area contributed by atoms with Crippen LogP contribution in [0.3, 0.4) is 0 Å². The number of aldehydes is 1. The predicted molar refractivity (Wildman–Crippen MR) is 157 cm³/mol. The molecule has 208 valence electrons. The standard InChI is InChI=1S/C34H42ClNO3/c1-31(2)29(20-37)33(4,17-13-30(31)38)28-12-16-32(3)26(24-15-19-39-21-24)10-11-27(32)34(28,5)22-36-18-14-23-6-8-25(35)9-7-23/h6-9,11,15,19-22,26,28-29H,10,12-14,16-18H2,1-5H3. The first kappa shape index (κ1) is 28.1. The van der Waals surface area contributed by atoms with E-state index in [2.05, 4.69) is 51.3 Å². The monoisotopic (exact) mass is 547 g/mol. The molecule has 5 heteroatoms. The number of furan rings is 1. The molecular formula is C34H42ClNO3. The third-order valence-corrected chi connectivity index (χ3v) is 11.2. The highest BCUT2D eigenvalue weighted by Gasteiger charge is 2.63. The van der Waals surface area contributed by atoms with Crippen LogP contribution in [0.5, 0.6) is 0 Å². The lowest BCUT2D eigenvalue weighted by molar-refractivity contribution is -0.152. The Bertz CT molecular complexity index is 1280. The van der Waals surface area contributed by atoms with E-state index < -0.39 is 5.41 Å². The van der Waals surface area contributed by atoms with E-state index in [9.17, 15) is 9.59 Å². The van der Waals surface area contributed by atoms with Gasteiger partial charge in [-0.3, -0.25) is 9.79 Å². The summed E-state index contributed by atoms with van der Waals surface area (Å²) in [5, 5.41) is 0.742. The molecule has 2 saturated carbocycles. The van der Waals surface area contributed by atoms with E-state index >= 15 is 0 Å². The first-order valence-electron chi connectivity index (χ1n) is 14.4. The third-order valence-electron chi connectivity index (χ3n) is 11.0. The first-order valence-corrected chi connectivity index (χ1v) is 14.8. The quantitative estimate of drug-likeness (QED) is 0.199. The number of aliphatic imine (C=N–C) groups is 1. The molecule has 6 atom stereocenters. The summed E-state index contributed by atoms with van der Waals surface area (Å²) in [6, 6.07) is 10.1. The average Bonchev–Trinajstić information content (AvgIpc) is 3.54. The summed E-state index contributed by atoms with van der Waals surface area (Å²) < 4.78 is 5.50. The molecule has 0 amide bonds. The molecule has 4 nitrogen and oxygen atoms in total. The smallest absolute Gasteiger partial charge is 0.139 e. The normalized spacial score (nSPS) is 36.1. The molecule has 6 unspecified atom stereocenters. The lowest BCUT2D eigenvalue weighted by atomic mass is 9.43. The fourth-order valence-electron chi connectivity index (χ4n) is 8.82. The summed E-state index contributed by atoms with van der Waals surface area (Å²) >= 11 is 6.07. The molecule has 0 aliphatic heterocycles. The largest absolute Gasteiger partial charge is 0.472 e. The zero-order valence-corrected chi connectivity index (χ0v) is 24.8. The maximum atomic E-state index is 13.0. The van der Waals surface area contributed by atoms with Gasteiger partial charge in [0.25, 0.3) is 0 Å². The summed E-state index contributed by atoms with van der Waals surface area (Å²) in [4.78, 5) is 30.8. The van der Waals surface area contributed by atoms with Crippen LogP contribution in [-0.2, 0) is 16.0 Å². The number of benzene rings is 1. The van der Waals surface area contributed by atoms with E-state index in [1.807, 2.05) is 32.2 Å². The minimum atomic E-state index is -0.661. The van der Waals surface area contributed by atoms with Gasteiger partial charge in [-0.1, -0.05) is 70.0 Å². The molecule has 0 radical (unpaired) electrons. The first-order chi connectivity index (χ1) is 18.5. The molecule has 0 N–H and O–H groups in total. The molecule has 2 fully saturated rings. The Balaban J connectivity index is 1.52. The lowest BCUT2D eigenvalue weighted by Crippen LogP contribution is -2.57. The van der Waals surface area contributed by atoms with Crippen LogP contribution in [0.25, 0.3) is 0 Å². The maximum Gasteiger partial charge on any atom is 0.139 e. The summed E-state index contributed by atoms with van der Waals surface area (Å²) in [6.07, 6.45) is 14.6. The Morgan fingerprint density at radius 2 is 1.82 bits per heavy atom. The second-order valence-electron chi connectivity index (χ2n) is 13.4. The van der Waals surface area contributed by atoms with Crippen molar-refractivity contribution in [2.75, 3.05) is 6.54 Å². The summed E-state index contributed by atoms with van der Waals surface area (Å²) in [5.41, 5.74) is 2.62. The van der Waals surface area contributed by atoms with Crippen LogP contribution >= 0.6 is 11.6 Å². The molecule has 2 aromatic rings. The Labute approximate surface area is 238 Å². The molecule has 0 spiro atoms. The number of hydrogen-bond acceptors (Lipinski definition) is 4. The molecular weight excluding hydrogens is 506 g/mol. The predicted octanol–water partition coefficient (Wildman–Crippen LogP) is 8.29. The van der Waals surface area contributed by atoms with Crippen molar-refractivity contribution in [2.45, 2.75) is 79.1 Å². The number of ketones is 1. The number of nitrogens with zero attached hydrogens (tertiary/aromatic N) is 1. The molecule has 0 bridgehead atoms. The van der Waals surface area contributed by atoms with Crippen LogP contribution in [0.15, 0.2) is 63.9 Å². The van der Waals surface area contributed by atoms with E-state index in [0.717, 1.165) is 43.4 Å². The zero-order chi connectivity index (χ0) is 28.1. The highest BCUT2D eigenvalue weighted by atomic mass is 35.5. The number of rotatable bonds is 7. The van der Waals surface area contributed by atoms with Crippen LogP contribution in [0, 0.1) is 33.5 Å². The van der Waals surface area contributed by atoms with Gasteiger partial charge in [-0.15, -0.1) is 0 Å². The van der Waals surface area contributed by atoms with E-state index in [-0.39, 0.29) is 33.9 Å². The van der Waals surface area contributed by atoms with Crippen LogP contribution < -0.4 is 0 Å². The number of carbonyl (C=O) groups excluding carboxylic acids is 2. The van der Waals surface area contributed by atoms with Crippen molar-refractivity contribution in [1.29, 1.82) is 0 Å². The third kappa shape index (κ3) is 4.57. The van der Waals surface area contributed by atoms with E-state index in [4.69, 9.17) is 21.0 Å².